The molecule has 2 nitrogen and oxygen atoms in total. The predicted octanol–water partition coefficient (Wildman–Crippen LogP) is 0.995. The van der Waals surface area contributed by atoms with E-state index in [-0.39, 0.29) is 18.3 Å². The van der Waals surface area contributed by atoms with Gasteiger partial charge in [0.25, 0.3) is 0 Å². The van der Waals surface area contributed by atoms with Crippen LogP contribution in [-0.4, -0.2) is 18.4 Å². The van der Waals surface area contributed by atoms with Crippen LogP contribution >= 0.6 is 12.4 Å². The fourth-order valence-electron chi connectivity index (χ4n) is 1.07. The molecule has 0 bridgehead atoms. The zero-order valence-electron chi connectivity index (χ0n) is 6.39. The first-order valence-corrected chi connectivity index (χ1v) is 3.46. The third-order valence-electron chi connectivity index (χ3n) is 1.83. The number of carbonyl (C=O) groups is 1. The van der Waals surface area contributed by atoms with Gasteiger partial charge in [0.15, 0.2) is 0 Å². The van der Waals surface area contributed by atoms with Crippen LogP contribution in [0.4, 0.5) is 0 Å². The number of rotatable bonds is 0. The summed E-state index contributed by atoms with van der Waals surface area (Å²) in [4.78, 5) is 11.0. The van der Waals surface area contributed by atoms with E-state index in [0.29, 0.717) is 18.2 Å². The highest BCUT2D eigenvalue weighted by Gasteiger charge is 2.21. The van der Waals surface area contributed by atoms with Crippen molar-refractivity contribution in [2.24, 2.45) is 5.92 Å². The van der Waals surface area contributed by atoms with Crippen molar-refractivity contribution in [1.82, 2.24) is 5.32 Å². The normalized spacial score (nSPS) is 33.2. The number of carbonyl (C=O) groups excluding carboxylic acids is 1. The van der Waals surface area contributed by atoms with Crippen LogP contribution < -0.4 is 5.32 Å². The van der Waals surface area contributed by atoms with Gasteiger partial charge in [0.05, 0.1) is 0 Å². The SMILES string of the molecule is CC1CC(=O)C(C)CN1.Cl. The number of hydrogen-bond donors (Lipinski definition) is 1. The molecule has 3 heteroatoms. The van der Waals surface area contributed by atoms with Crippen LogP contribution in [-0.2, 0) is 4.79 Å². The Balaban J connectivity index is 0.000000810. The van der Waals surface area contributed by atoms with Crippen LogP contribution in [0, 0.1) is 5.92 Å². The number of hydrogen-bond acceptors (Lipinski definition) is 2. The summed E-state index contributed by atoms with van der Waals surface area (Å²) in [6.45, 7) is 4.88. The monoisotopic (exact) mass is 163 g/mol. The van der Waals surface area contributed by atoms with Gasteiger partial charge in [0, 0.05) is 24.9 Å². The van der Waals surface area contributed by atoms with E-state index in [1.165, 1.54) is 0 Å². The fourth-order valence-corrected chi connectivity index (χ4v) is 1.07. The van der Waals surface area contributed by atoms with Crippen LogP contribution in [0.25, 0.3) is 0 Å². The Morgan fingerprint density at radius 3 is 2.50 bits per heavy atom. The molecule has 60 valence electrons. The van der Waals surface area contributed by atoms with Crippen LogP contribution in [0.2, 0.25) is 0 Å². The Bertz CT molecular complexity index is 127. The molecule has 1 heterocycles. The van der Waals surface area contributed by atoms with Gasteiger partial charge in [-0.25, -0.2) is 0 Å². The predicted molar refractivity (Wildman–Crippen MR) is 43.5 cm³/mol. The van der Waals surface area contributed by atoms with Gasteiger partial charge in [-0.15, -0.1) is 12.4 Å². The molecule has 1 saturated heterocycles. The van der Waals surface area contributed by atoms with Crippen molar-refractivity contribution in [3.8, 4) is 0 Å². The molecule has 2 unspecified atom stereocenters. The molecule has 0 aromatic rings. The van der Waals surface area contributed by atoms with E-state index in [1.807, 2.05) is 13.8 Å². The summed E-state index contributed by atoms with van der Waals surface area (Å²) in [5.41, 5.74) is 0. The van der Waals surface area contributed by atoms with E-state index in [9.17, 15) is 4.79 Å². The molecular formula is C7H14ClNO. The van der Waals surface area contributed by atoms with Crippen molar-refractivity contribution < 1.29 is 4.79 Å². The first-order chi connectivity index (χ1) is 4.20. The number of halogens is 1. The molecule has 2 atom stereocenters. The zero-order chi connectivity index (χ0) is 6.85. The Morgan fingerprint density at radius 2 is 2.10 bits per heavy atom. The zero-order valence-corrected chi connectivity index (χ0v) is 7.20. The van der Waals surface area contributed by atoms with Gasteiger partial charge in [-0.1, -0.05) is 6.92 Å². The van der Waals surface area contributed by atoms with Crippen molar-refractivity contribution in [3.63, 3.8) is 0 Å². The lowest BCUT2D eigenvalue weighted by Gasteiger charge is -2.23. The molecule has 0 aliphatic carbocycles. The largest absolute Gasteiger partial charge is 0.313 e. The summed E-state index contributed by atoms with van der Waals surface area (Å²) >= 11 is 0. The lowest BCUT2D eigenvalue weighted by Crippen LogP contribution is -2.41. The molecule has 0 radical (unpaired) electrons. The molecule has 1 aliphatic rings. The van der Waals surface area contributed by atoms with Crippen molar-refractivity contribution in [2.45, 2.75) is 26.3 Å². The second-order valence-corrected chi connectivity index (χ2v) is 2.88. The van der Waals surface area contributed by atoms with Crippen molar-refractivity contribution >= 4 is 18.2 Å². The van der Waals surface area contributed by atoms with E-state index in [0.717, 1.165) is 6.54 Å². The van der Waals surface area contributed by atoms with Crippen molar-refractivity contribution in [2.75, 3.05) is 6.54 Å². The molecule has 0 amide bonds. The van der Waals surface area contributed by atoms with Gasteiger partial charge in [0.1, 0.15) is 5.78 Å². The minimum absolute atomic E-state index is 0. The van der Waals surface area contributed by atoms with Gasteiger partial charge >= 0.3 is 0 Å². The van der Waals surface area contributed by atoms with Gasteiger partial charge in [-0.3, -0.25) is 4.79 Å². The fraction of sp³-hybridized carbons (Fsp3) is 0.857. The molecule has 1 rings (SSSR count). The van der Waals surface area contributed by atoms with E-state index in [2.05, 4.69) is 5.32 Å². The Morgan fingerprint density at radius 1 is 1.50 bits per heavy atom. The summed E-state index contributed by atoms with van der Waals surface area (Å²) in [7, 11) is 0. The molecule has 0 spiro atoms. The van der Waals surface area contributed by atoms with Crippen LogP contribution in [0.15, 0.2) is 0 Å². The molecule has 1 N–H and O–H groups in total. The first kappa shape index (κ1) is 9.92. The number of Topliss-reactive ketones (excluding diaryl/α,β-unsaturated/α-hetero) is 1. The van der Waals surface area contributed by atoms with E-state index >= 15 is 0 Å². The lowest BCUT2D eigenvalue weighted by atomic mass is 9.96. The molecule has 10 heavy (non-hydrogen) atoms. The molecule has 0 saturated carbocycles. The standard InChI is InChI=1S/C7H13NO.ClH/c1-5-4-8-6(2)3-7(5)9;/h5-6,8H,3-4H2,1-2H3;1H. The van der Waals surface area contributed by atoms with Gasteiger partial charge in [-0.05, 0) is 6.92 Å². The lowest BCUT2D eigenvalue weighted by molar-refractivity contribution is -0.124. The quantitative estimate of drug-likeness (QED) is 0.577. The Kier molecular flexibility index (Phi) is 3.91. The molecular weight excluding hydrogens is 150 g/mol. The van der Waals surface area contributed by atoms with E-state index in [4.69, 9.17) is 0 Å². The number of ketones is 1. The molecule has 0 aromatic heterocycles. The summed E-state index contributed by atoms with van der Waals surface area (Å²) in [5.74, 6) is 0.641. The summed E-state index contributed by atoms with van der Waals surface area (Å²) < 4.78 is 0. The van der Waals surface area contributed by atoms with Crippen LogP contribution in [0.3, 0.4) is 0 Å². The van der Waals surface area contributed by atoms with Gasteiger partial charge in [0.2, 0.25) is 0 Å². The van der Waals surface area contributed by atoms with E-state index in [1.54, 1.807) is 0 Å². The Hall–Kier alpha value is -0.0800. The summed E-state index contributed by atoms with van der Waals surface area (Å²) in [5, 5.41) is 3.24. The minimum atomic E-state index is 0. The molecule has 1 aliphatic heterocycles. The maximum absolute atomic E-state index is 11.0. The van der Waals surface area contributed by atoms with Gasteiger partial charge < -0.3 is 5.32 Å². The maximum Gasteiger partial charge on any atom is 0.138 e. The Labute approximate surface area is 67.8 Å². The highest BCUT2D eigenvalue weighted by Crippen LogP contribution is 2.08. The van der Waals surface area contributed by atoms with Gasteiger partial charge in [-0.2, -0.15) is 0 Å². The second-order valence-electron chi connectivity index (χ2n) is 2.88. The summed E-state index contributed by atoms with van der Waals surface area (Å²) in [6, 6.07) is 0.397. The second kappa shape index (κ2) is 3.94. The van der Waals surface area contributed by atoms with Crippen molar-refractivity contribution in [3.05, 3.63) is 0 Å². The number of piperidine rings is 1. The third kappa shape index (κ3) is 2.27. The minimum Gasteiger partial charge on any atom is -0.313 e. The summed E-state index contributed by atoms with van der Waals surface area (Å²) in [6.07, 6.45) is 0.709. The van der Waals surface area contributed by atoms with Crippen LogP contribution in [0.1, 0.15) is 20.3 Å². The topological polar surface area (TPSA) is 29.1 Å². The highest BCUT2D eigenvalue weighted by molar-refractivity contribution is 5.85. The maximum atomic E-state index is 11.0. The average Bonchev–Trinajstić information content (AvgIpc) is 1.80. The molecule has 0 aromatic carbocycles. The third-order valence-corrected chi connectivity index (χ3v) is 1.83. The molecule has 1 fully saturated rings. The van der Waals surface area contributed by atoms with Crippen molar-refractivity contribution in [1.29, 1.82) is 0 Å². The van der Waals surface area contributed by atoms with Crippen LogP contribution in [0.5, 0.6) is 0 Å². The van der Waals surface area contributed by atoms with E-state index < -0.39 is 0 Å². The average molecular weight is 164 g/mol. The number of nitrogens with one attached hydrogen (secondary N) is 1. The smallest absolute Gasteiger partial charge is 0.138 e. The first-order valence-electron chi connectivity index (χ1n) is 3.46. The highest BCUT2D eigenvalue weighted by atomic mass is 35.5.